The van der Waals surface area contributed by atoms with Gasteiger partial charge >= 0.3 is 0 Å². The summed E-state index contributed by atoms with van der Waals surface area (Å²) in [6.07, 6.45) is 0.728. The molecule has 1 aliphatic rings. The van der Waals surface area contributed by atoms with Gasteiger partial charge in [0.2, 0.25) is 0 Å². The van der Waals surface area contributed by atoms with E-state index in [0.29, 0.717) is 12.1 Å². The van der Waals surface area contributed by atoms with Crippen molar-refractivity contribution in [3.05, 3.63) is 46.5 Å². The van der Waals surface area contributed by atoms with Gasteiger partial charge in [-0.15, -0.1) is 17.5 Å². The van der Waals surface area contributed by atoms with Crippen LogP contribution in [0.1, 0.15) is 28.4 Å². The number of nitrogens with one attached hydrogen (secondary N) is 2. The Bertz CT molecular complexity index is 671. The maximum atomic E-state index is 13.5. The summed E-state index contributed by atoms with van der Waals surface area (Å²) in [6, 6.07) is 3.68. The summed E-state index contributed by atoms with van der Waals surface area (Å²) in [6.45, 7) is 1.32. The van der Waals surface area contributed by atoms with Gasteiger partial charge in [-0.2, -0.15) is 0 Å². The average Bonchev–Trinajstić information content (AvgIpc) is 3.05. The topological polar surface area (TPSA) is 66.9 Å². The van der Waals surface area contributed by atoms with Gasteiger partial charge in [0.25, 0.3) is 5.91 Å². The highest BCUT2D eigenvalue weighted by molar-refractivity contribution is 7.03. The molecule has 2 heterocycles. The molecule has 0 saturated carbocycles. The third-order valence-corrected chi connectivity index (χ3v) is 4.27. The van der Waals surface area contributed by atoms with Gasteiger partial charge in [-0.3, -0.25) is 4.79 Å². The van der Waals surface area contributed by atoms with Crippen molar-refractivity contribution in [2.45, 2.75) is 18.4 Å². The number of amides is 1. The Morgan fingerprint density at radius 3 is 2.87 bits per heavy atom. The van der Waals surface area contributed by atoms with Crippen LogP contribution >= 0.6 is 23.9 Å². The number of halogens is 3. The van der Waals surface area contributed by atoms with Gasteiger partial charge in [0.05, 0.1) is 0 Å². The number of aromatic nitrogens is 2. The van der Waals surface area contributed by atoms with Crippen LogP contribution in [0.25, 0.3) is 0 Å². The van der Waals surface area contributed by atoms with E-state index >= 15 is 0 Å². The highest BCUT2D eigenvalue weighted by Crippen LogP contribution is 2.27. The van der Waals surface area contributed by atoms with Crippen molar-refractivity contribution in [1.29, 1.82) is 0 Å². The van der Waals surface area contributed by atoms with Crippen molar-refractivity contribution in [2.24, 2.45) is 0 Å². The lowest BCUT2D eigenvalue weighted by atomic mass is 9.86. The van der Waals surface area contributed by atoms with Crippen LogP contribution in [0.4, 0.5) is 8.78 Å². The van der Waals surface area contributed by atoms with Crippen LogP contribution in [0, 0.1) is 11.6 Å². The first kappa shape index (κ1) is 17.7. The standard InChI is InChI=1S/C14H14F2N4OS.ClH/c15-10-2-1-8(5-11(10)16)9-3-4-17-6-12(9)18-14(21)13-7-22-20-19-13;/h1-2,5,7,9,12,17H,3-4,6H2,(H,18,21);1H. The second kappa shape index (κ2) is 7.76. The van der Waals surface area contributed by atoms with E-state index in [0.717, 1.165) is 30.6 Å². The molecule has 0 spiro atoms. The van der Waals surface area contributed by atoms with Crippen molar-refractivity contribution in [1.82, 2.24) is 20.2 Å². The van der Waals surface area contributed by atoms with Crippen molar-refractivity contribution in [3.8, 4) is 0 Å². The fourth-order valence-electron chi connectivity index (χ4n) is 2.66. The SMILES string of the molecule is Cl.O=C(NC1CNCCC1c1ccc(F)c(F)c1)c1csnn1. The molecular formula is C14H15ClF2N4OS. The lowest BCUT2D eigenvalue weighted by Gasteiger charge is -2.33. The van der Waals surface area contributed by atoms with Crippen molar-refractivity contribution in [3.63, 3.8) is 0 Å². The van der Waals surface area contributed by atoms with Crippen molar-refractivity contribution in [2.75, 3.05) is 13.1 Å². The van der Waals surface area contributed by atoms with E-state index in [-0.39, 0.29) is 36.0 Å². The Morgan fingerprint density at radius 2 is 2.17 bits per heavy atom. The van der Waals surface area contributed by atoms with E-state index in [4.69, 9.17) is 0 Å². The maximum Gasteiger partial charge on any atom is 0.273 e. The summed E-state index contributed by atoms with van der Waals surface area (Å²) < 4.78 is 30.2. The molecule has 2 N–H and O–H groups in total. The molecule has 9 heteroatoms. The molecule has 1 aromatic carbocycles. The molecule has 2 atom stereocenters. The molecule has 23 heavy (non-hydrogen) atoms. The molecule has 1 aromatic heterocycles. The summed E-state index contributed by atoms with van der Waals surface area (Å²) in [5.41, 5.74) is 0.946. The zero-order valence-electron chi connectivity index (χ0n) is 12.0. The Hall–Kier alpha value is -1.64. The third kappa shape index (κ3) is 4.01. The third-order valence-electron chi connectivity index (χ3n) is 3.76. The number of carbonyl (C=O) groups excluding carboxylic acids is 1. The predicted octanol–water partition coefficient (Wildman–Crippen LogP) is 2.11. The summed E-state index contributed by atoms with van der Waals surface area (Å²) in [5, 5.41) is 11.4. The van der Waals surface area contributed by atoms with Crippen LogP contribution in [-0.2, 0) is 0 Å². The Balaban J connectivity index is 0.00000192. The molecule has 0 radical (unpaired) electrons. The van der Waals surface area contributed by atoms with Gasteiger partial charge in [-0.05, 0) is 42.2 Å². The number of benzene rings is 1. The van der Waals surface area contributed by atoms with Gasteiger partial charge in [0.1, 0.15) is 0 Å². The van der Waals surface area contributed by atoms with Gasteiger partial charge in [0.15, 0.2) is 17.3 Å². The zero-order chi connectivity index (χ0) is 15.5. The first-order chi connectivity index (χ1) is 10.6. The Morgan fingerprint density at radius 1 is 1.35 bits per heavy atom. The first-order valence-electron chi connectivity index (χ1n) is 6.88. The van der Waals surface area contributed by atoms with E-state index in [1.807, 2.05) is 0 Å². The lowest BCUT2D eigenvalue weighted by Crippen LogP contribution is -2.50. The van der Waals surface area contributed by atoms with Crippen LogP contribution in [0.2, 0.25) is 0 Å². The number of hydrogen-bond acceptors (Lipinski definition) is 5. The number of rotatable bonds is 3. The number of hydrogen-bond donors (Lipinski definition) is 2. The molecule has 0 aliphatic carbocycles. The minimum atomic E-state index is -0.871. The highest BCUT2D eigenvalue weighted by atomic mass is 35.5. The normalized spacial score (nSPS) is 20.6. The summed E-state index contributed by atoms with van der Waals surface area (Å²) >= 11 is 1.10. The van der Waals surface area contributed by atoms with E-state index in [1.54, 1.807) is 11.4 Å². The Labute approximate surface area is 142 Å². The maximum absolute atomic E-state index is 13.5. The molecule has 2 unspecified atom stereocenters. The largest absolute Gasteiger partial charge is 0.346 e. The van der Waals surface area contributed by atoms with Gasteiger partial charge in [-0.1, -0.05) is 10.6 Å². The first-order valence-corrected chi connectivity index (χ1v) is 7.72. The van der Waals surface area contributed by atoms with Gasteiger partial charge in [0, 0.05) is 23.9 Å². The molecule has 0 bridgehead atoms. The number of nitrogens with zero attached hydrogens (tertiary/aromatic N) is 2. The second-order valence-electron chi connectivity index (χ2n) is 5.14. The minimum absolute atomic E-state index is 0. The molecular weight excluding hydrogens is 346 g/mol. The summed E-state index contributed by atoms with van der Waals surface area (Å²) in [7, 11) is 0. The molecule has 5 nitrogen and oxygen atoms in total. The lowest BCUT2D eigenvalue weighted by molar-refractivity contribution is 0.0919. The molecule has 1 amide bonds. The van der Waals surface area contributed by atoms with E-state index in [1.165, 1.54) is 6.07 Å². The number of carbonyl (C=O) groups is 1. The molecule has 1 aliphatic heterocycles. The zero-order valence-corrected chi connectivity index (χ0v) is 13.6. The Kier molecular flexibility index (Phi) is 5.97. The average molecular weight is 361 g/mol. The molecule has 2 aromatic rings. The second-order valence-corrected chi connectivity index (χ2v) is 5.75. The summed E-state index contributed by atoms with van der Waals surface area (Å²) in [5.74, 6) is -2.13. The molecule has 1 saturated heterocycles. The van der Waals surface area contributed by atoms with Gasteiger partial charge < -0.3 is 10.6 Å². The van der Waals surface area contributed by atoms with Crippen LogP contribution in [0.15, 0.2) is 23.6 Å². The fourth-order valence-corrected chi connectivity index (χ4v) is 3.09. The highest BCUT2D eigenvalue weighted by Gasteiger charge is 2.29. The monoisotopic (exact) mass is 360 g/mol. The van der Waals surface area contributed by atoms with E-state index in [9.17, 15) is 13.6 Å². The molecule has 1 fully saturated rings. The van der Waals surface area contributed by atoms with Crippen molar-refractivity contribution >= 4 is 29.8 Å². The molecule has 124 valence electrons. The summed E-state index contributed by atoms with van der Waals surface area (Å²) in [4.78, 5) is 12.1. The molecule has 3 rings (SSSR count). The number of piperidine rings is 1. The van der Waals surface area contributed by atoms with E-state index < -0.39 is 11.6 Å². The van der Waals surface area contributed by atoms with Crippen LogP contribution in [0.5, 0.6) is 0 Å². The smallest absolute Gasteiger partial charge is 0.273 e. The predicted molar refractivity (Wildman–Crippen MR) is 85.0 cm³/mol. The van der Waals surface area contributed by atoms with Crippen molar-refractivity contribution < 1.29 is 13.6 Å². The minimum Gasteiger partial charge on any atom is -0.346 e. The van der Waals surface area contributed by atoms with E-state index in [2.05, 4.69) is 20.2 Å². The van der Waals surface area contributed by atoms with Crippen LogP contribution in [-0.4, -0.2) is 34.6 Å². The fraction of sp³-hybridized carbons (Fsp3) is 0.357. The quantitative estimate of drug-likeness (QED) is 0.879. The van der Waals surface area contributed by atoms with Crippen LogP contribution < -0.4 is 10.6 Å². The van der Waals surface area contributed by atoms with Crippen LogP contribution in [0.3, 0.4) is 0 Å². The van der Waals surface area contributed by atoms with Gasteiger partial charge in [-0.25, -0.2) is 8.78 Å².